The van der Waals surface area contributed by atoms with E-state index in [1.807, 2.05) is 43.3 Å². The number of rotatable bonds is 9. The first kappa shape index (κ1) is 20.3. The summed E-state index contributed by atoms with van der Waals surface area (Å²) in [6, 6.07) is 17.7. The van der Waals surface area contributed by atoms with E-state index >= 15 is 0 Å². The molecule has 3 rings (SSSR count). The fourth-order valence-corrected chi connectivity index (χ4v) is 2.81. The molecular formula is C22H23N3O4. The van der Waals surface area contributed by atoms with Gasteiger partial charge in [0.25, 0.3) is 11.8 Å². The summed E-state index contributed by atoms with van der Waals surface area (Å²) in [7, 11) is 0. The Hall–Kier alpha value is -3.48. The Bertz CT molecular complexity index is 926. The van der Waals surface area contributed by atoms with Gasteiger partial charge in [-0.3, -0.25) is 9.59 Å². The molecule has 1 heterocycles. The minimum absolute atomic E-state index is 0.0153. The molecule has 1 N–H and O–H groups in total. The summed E-state index contributed by atoms with van der Waals surface area (Å²) in [5.74, 6) is 0.123. The number of hydrogen-bond donors (Lipinski definition) is 1. The first-order valence-electron chi connectivity index (χ1n) is 9.53. The van der Waals surface area contributed by atoms with Gasteiger partial charge in [-0.25, -0.2) is 0 Å². The fourth-order valence-electron chi connectivity index (χ4n) is 2.81. The van der Waals surface area contributed by atoms with Gasteiger partial charge in [0.2, 0.25) is 0 Å². The average molecular weight is 393 g/mol. The molecule has 0 saturated carbocycles. The highest BCUT2D eigenvalue weighted by atomic mass is 16.6. The van der Waals surface area contributed by atoms with Crippen LogP contribution >= 0.6 is 0 Å². The van der Waals surface area contributed by atoms with Crippen molar-refractivity contribution in [1.82, 2.24) is 15.5 Å². The number of aryl methyl sites for hydroxylation is 1. The zero-order chi connectivity index (χ0) is 20.5. The predicted octanol–water partition coefficient (Wildman–Crippen LogP) is 3.63. The normalized spacial score (nSPS) is 11.6. The largest absolute Gasteiger partial charge is 0.455 e. The number of esters is 1. The Morgan fingerprint density at radius 3 is 2.45 bits per heavy atom. The zero-order valence-electron chi connectivity index (χ0n) is 16.2. The van der Waals surface area contributed by atoms with Crippen LogP contribution in [0.1, 0.15) is 53.4 Å². The molecule has 1 amide bonds. The van der Waals surface area contributed by atoms with E-state index in [1.54, 1.807) is 24.3 Å². The number of benzene rings is 2. The van der Waals surface area contributed by atoms with E-state index in [1.165, 1.54) is 0 Å². The van der Waals surface area contributed by atoms with Crippen molar-refractivity contribution in [3.05, 3.63) is 83.5 Å². The van der Waals surface area contributed by atoms with E-state index in [9.17, 15) is 9.59 Å². The molecule has 0 bridgehead atoms. The van der Waals surface area contributed by atoms with Crippen molar-refractivity contribution in [1.29, 1.82) is 0 Å². The van der Waals surface area contributed by atoms with Crippen LogP contribution in [0, 0.1) is 0 Å². The molecular weight excluding hydrogens is 370 g/mol. The van der Waals surface area contributed by atoms with Gasteiger partial charge >= 0.3 is 5.97 Å². The van der Waals surface area contributed by atoms with Gasteiger partial charge in [-0.2, -0.15) is 4.98 Å². The van der Waals surface area contributed by atoms with Crippen LogP contribution in [0.2, 0.25) is 0 Å². The number of nitrogens with zero attached hydrogens (tertiary/aromatic N) is 2. The Labute approximate surface area is 169 Å². The third-order valence-electron chi connectivity index (χ3n) is 4.25. The number of aromatic nitrogens is 2. The van der Waals surface area contributed by atoms with Gasteiger partial charge in [0.15, 0.2) is 12.4 Å². The molecule has 29 heavy (non-hydrogen) atoms. The fraction of sp³-hybridized carbons (Fsp3) is 0.273. The van der Waals surface area contributed by atoms with Crippen LogP contribution in [-0.2, 0) is 22.6 Å². The van der Waals surface area contributed by atoms with E-state index in [0.717, 1.165) is 12.0 Å². The quantitative estimate of drug-likeness (QED) is 0.558. The number of hydrogen-bond acceptors (Lipinski definition) is 6. The van der Waals surface area contributed by atoms with Crippen molar-refractivity contribution in [3.63, 3.8) is 0 Å². The van der Waals surface area contributed by atoms with Crippen molar-refractivity contribution >= 4 is 11.9 Å². The lowest BCUT2D eigenvalue weighted by Crippen LogP contribution is -2.30. The summed E-state index contributed by atoms with van der Waals surface area (Å²) in [5.41, 5.74) is 1.34. The minimum atomic E-state index is -0.519. The van der Waals surface area contributed by atoms with Crippen LogP contribution in [0.4, 0.5) is 0 Å². The van der Waals surface area contributed by atoms with Gasteiger partial charge in [0.05, 0.1) is 12.5 Å². The molecule has 2 aromatic carbocycles. The molecule has 0 fully saturated rings. The lowest BCUT2D eigenvalue weighted by atomic mass is 10.0. The van der Waals surface area contributed by atoms with Crippen molar-refractivity contribution in [2.24, 2.45) is 0 Å². The monoisotopic (exact) mass is 393 g/mol. The molecule has 3 aromatic rings. The maximum Gasteiger partial charge on any atom is 0.308 e. The average Bonchev–Trinajstić information content (AvgIpc) is 3.21. The van der Waals surface area contributed by atoms with E-state index in [2.05, 4.69) is 15.5 Å². The van der Waals surface area contributed by atoms with Crippen molar-refractivity contribution in [2.45, 2.75) is 38.8 Å². The van der Waals surface area contributed by atoms with Crippen molar-refractivity contribution < 1.29 is 18.8 Å². The van der Waals surface area contributed by atoms with Gasteiger partial charge in [0, 0.05) is 12.0 Å². The summed E-state index contributed by atoms with van der Waals surface area (Å²) in [6.45, 7) is 1.92. The summed E-state index contributed by atoms with van der Waals surface area (Å²) in [5, 5.41) is 6.74. The van der Waals surface area contributed by atoms with E-state index in [-0.39, 0.29) is 24.8 Å². The SMILES string of the molecule is CCCc1noc(COC(=O)CC(NC(=O)c2ccccc2)c2ccccc2)n1. The highest BCUT2D eigenvalue weighted by Gasteiger charge is 2.20. The van der Waals surface area contributed by atoms with Crippen molar-refractivity contribution in [2.75, 3.05) is 0 Å². The van der Waals surface area contributed by atoms with Gasteiger partial charge in [-0.15, -0.1) is 0 Å². The van der Waals surface area contributed by atoms with Crippen LogP contribution in [0.15, 0.2) is 65.2 Å². The highest BCUT2D eigenvalue weighted by Crippen LogP contribution is 2.18. The van der Waals surface area contributed by atoms with Crippen molar-refractivity contribution in [3.8, 4) is 0 Å². The van der Waals surface area contributed by atoms with E-state index < -0.39 is 12.0 Å². The number of carbonyl (C=O) groups excluding carboxylic acids is 2. The molecule has 0 radical (unpaired) electrons. The van der Waals surface area contributed by atoms with E-state index in [4.69, 9.17) is 9.26 Å². The van der Waals surface area contributed by atoms with Gasteiger partial charge < -0.3 is 14.6 Å². The second-order valence-corrected chi connectivity index (χ2v) is 6.52. The van der Waals surface area contributed by atoms with Crippen LogP contribution < -0.4 is 5.32 Å². The second kappa shape index (κ2) is 10.2. The van der Waals surface area contributed by atoms with Crippen LogP contribution in [-0.4, -0.2) is 22.0 Å². The minimum Gasteiger partial charge on any atom is -0.455 e. The summed E-state index contributed by atoms with van der Waals surface area (Å²) < 4.78 is 10.3. The molecule has 0 aliphatic heterocycles. The Morgan fingerprint density at radius 1 is 1.07 bits per heavy atom. The van der Waals surface area contributed by atoms with Crippen LogP contribution in [0.25, 0.3) is 0 Å². The first-order valence-corrected chi connectivity index (χ1v) is 9.53. The smallest absolute Gasteiger partial charge is 0.308 e. The van der Waals surface area contributed by atoms with Gasteiger partial charge in [0.1, 0.15) is 0 Å². The molecule has 0 aliphatic rings. The topological polar surface area (TPSA) is 94.3 Å². The summed E-state index contributed by atoms with van der Waals surface area (Å²) in [4.78, 5) is 29.1. The summed E-state index contributed by atoms with van der Waals surface area (Å²) >= 11 is 0. The lowest BCUT2D eigenvalue weighted by molar-refractivity contribution is -0.146. The number of ether oxygens (including phenoxy) is 1. The maximum atomic E-state index is 12.6. The molecule has 7 heteroatoms. The second-order valence-electron chi connectivity index (χ2n) is 6.52. The molecule has 150 valence electrons. The third kappa shape index (κ3) is 6.00. The summed E-state index contributed by atoms with van der Waals surface area (Å²) in [6.07, 6.45) is 1.59. The number of nitrogens with one attached hydrogen (secondary N) is 1. The molecule has 7 nitrogen and oxygen atoms in total. The number of carbonyl (C=O) groups is 2. The van der Waals surface area contributed by atoms with Gasteiger partial charge in [-0.05, 0) is 24.1 Å². The molecule has 0 spiro atoms. The Balaban J connectivity index is 1.63. The third-order valence-corrected chi connectivity index (χ3v) is 4.25. The molecule has 0 saturated heterocycles. The first-order chi connectivity index (χ1) is 14.2. The maximum absolute atomic E-state index is 12.6. The molecule has 1 unspecified atom stereocenters. The van der Waals surface area contributed by atoms with Gasteiger partial charge in [-0.1, -0.05) is 60.6 Å². The standard InChI is InChI=1S/C22H23N3O4/c1-2-9-19-24-20(29-25-19)15-28-21(26)14-18(16-10-5-3-6-11-16)23-22(27)17-12-7-4-8-13-17/h3-8,10-13,18H,2,9,14-15H2,1H3,(H,23,27). The lowest BCUT2D eigenvalue weighted by Gasteiger charge is -2.18. The molecule has 1 atom stereocenters. The van der Waals surface area contributed by atoms with Crippen LogP contribution in [0.3, 0.4) is 0 Å². The Kier molecular flexibility index (Phi) is 7.10. The highest BCUT2D eigenvalue weighted by molar-refractivity contribution is 5.94. The molecule has 0 aliphatic carbocycles. The number of amides is 1. The van der Waals surface area contributed by atoms with E-state index in [0.29, 0.717) is 17.8 Å². The predicted molar refractivity (Wildman–Crippen MR) is 106 cm³/mol. The van der Waals surface area contributed by atoms with Crippen LogP contribution in [0.5, 0.6) is 0 Å². The molecule has 1 aromatic heterocycles. The zero-order valence-corrected chi connectivity index (χ0v) is 16.2. The Morgan fingerprint density at radius 2 is 1.76 bits per heavy atom.